The molecule has 3 rings (SSSR count). The lowest BCUT2D eigenvalue weighted by atomic mass is 9.95. The molecular weight excluding hydrogens is 415 g/mol. The van der Waals surface area contributed by atoms with E-state index in [9.17, 15) is 4.79 Å². The van der Waals surface area contributed by atoms with Gasteiger partial charge in [-0.15, -0.1) is 36.2 Å². The number of nitrogens with one attached hydrogen (secondary N) is 2. The van der Waals surface area contributed by atoms with Gasteiger partial charge in [-0.25, -0.2) is 4.98 Å². The maximum atomic E-state index is 12.7. The molecule has 1 fully saturated rings. The first-order valence-corrected chi connectivity index (χ1v) is 10.3. The van der Waals surface area contributed by atoms with Gasteiger partial charge in [-0.2, -0.15) is 0 Å². The zero-order valence-corrected chi connectivity index (χ0v) is 18.9. The van der Waals surface area contributed by atoms with E-state index in [1.165, 1.54) is 0 Å². The van der Waals surface area contributed by atoms with Gasteiger partial charge in [0.1, 0.15) is 0 Å². The molecule has 0 bridgehead atoms. The van der Waals surface area contributed by atoms with Gasteiger partial charge in [-0.05, 0) is 51.0 Å². The summed E-state index contributed by atoms with van der Waals surface area (Å²) in [5, 5.41) is 9.72. The van der Waals surface area contributed by atoms with Crippen molar-refractivity contribution < 1.29 is 4.79 Å². The Balaban J connectivity index is 0.00000196. The number of piperidine rings is 1. The van der Waals surface area contributed by atoms with Crippen molar-refractivity contribution >= 4 is 47.7 Å². The van der Waals surface area contributed by atoms with E-state index in [-0.39, 0.29) is 36.6 Å². The molecule has 0 unspecified atom stereocenters. The average molecular weight is 445 g/mol. The first-order chi connectivity index (χ1) is 12.7. The number of halogens is 2. The quantitative estimate of drug-likeness (QED) is 0.669. The van der Waals surface area contributed by atoms with Gasteiger partial charge in [0.25, 0.3) is 0 Å². The van der Waals surface area contributed by atoms with Crippen LogP contribution in [0.1, 0.15) is 36.0 Å². The number of aryl methyl sites for hydroxylation is 1. The minimum Gasteiger partial charge on any atom is -0.326 e. The fourth-order valence-corrected chi connectivity index (χ4v) is 3.96. The number of amides is 1. The lowest BCUT2D eigenvalue weighted by molar-refractivity contribution is -0.121. The maximum absolute atomic E-state index is 12.7. The van der Waals surface area contributed by atoms with Crippen molar-refractivity contribution in [3.63, 3.8) is 0 Å². The van der Waals surface area contributed by atoms with Gasteiger partial charge in [0.2, 0.25) is 5.91 Å². The minimum atomic E-state index is 0. The van der Waals surface area contributed by atoms with E-state index in [4.69, 9.17) is 0 Å². The Labute approximate surface area is 184 Å². The number of nitrogens with zero attached hydrogens (tertiary/aromatic N) is 2. The van der Waals surface area contributed by atoms with Crippen LogP contribution in [0.15, 0.2) is 29.6 Å². The molecule has 28 heavy (non-hydrogen) atoms. The fraction of sp³-hybridized carbons (Fsp3) is 0.500. The molecular formula is C20H30Cl2N4OS. The number of thiazole rings is 1. The molecule has 1 aliphatic heterocycles. The lowest BCUT2D eigenvalue weighted by Gasteiger charge is -2.30. The third kappa shape index (κ3) is 7.01. The molecule has 2 aromatic rings. The van der Waals surface area contributed by atoms with E-state index >= 15 is 0 Å². The summed E-state index contributed by atoms with van der Waals surface area (Å²) in [4.78, 5) is 19.6. The third-order valence-corrected chi connectivity index (χ3v) is 5.67. The van der Waals surface area contributed by atoms with Crippen LogP contribution < -0.4 is 10.6 Å². The Morgan fingerprint density at radius 1 is 1.25 bits per heavy atom. The van der Waals surface area contributed by atoms with Gasteiger partial charge in [-0.1, -0.05) is 25.1 Å². The van der Waals surface area contributed by atoms with E-state index in [1.807, 2.05) is 25.1 Å². The molecule has 1 amide bonds. The van der Waals surface area contributed by atoms with Crippen LogP contribution in [0.5, 0.6) is 0 Å². The molecule has 1 aliphatic rings. The molecule has 2 N–H and O–H groups in total. The molecule has 0 atom stereocenters. The predicted octanol–water partition coefficient (Wildman–Crippen LogP) is 4.26. The van der Waals surface area contributed by atoms with E-state index in [0.29, 0.717) is 0 Å². The fourth-order valence-electron chi connectivity index (χ4n) is 3.35. The first-order valence-electron chi connectivity index (χ1n) is 9.38. The van der Waals surface area contributed by atoms with Crippen molar-refractivity contribution in [2.24, 2.45) is 5.92 Å². The summed E-state index contributed by atoms with van der Waals surface area (Å²) in [6.07, 6.45) is 1.81. The van der Waals surface area contributed by atoms with Crippen molar-refractivity contribution in [1.29, 1.82) is 0 Å². The summed E-state index contributed by atoms with van der Waals surface area (Å²) in [6.45, 7) is 8.61. The average Bonchev–Trinajstić information content (AvgIpc) is 3.06. The Kier molecular flexibility index (Phi) is 11.0. The number of para-hydroxylation sites is 1. The molecule has 1 aromatic heterocycles. The summed E-state index contributed by atoms with van der Waals surface area (Å²) in [5.74, 6) is 0.244. The van der Waals surface area contributed by atoms with Crippen LogP contribution in [0.3, 0.4) is 0 Å². The SMILES string of the molecule is CCNCc1ccccc1NC(=O)C1CCN(Cc2csc(C)n2)CC1.Cl.Cl. The van der Waals surface area contributed by atoms with Gasteiger partial charge < -0.3 is 10.6 Å². The Morgan fingerprint density at radius 2 is 1.96 bits per heavy atom. The Morgan fingerprint density at radius 3 is 2.61 bits per heavy atom. The van der Waals surface area contributed by atoms with Crippen LogP contribution in [-0.2, 0) is 17.9 Å². The number of hydrogen-bond acceptors (Lipinski definition) is 5. The number of hydrogen-bond donors (Lipinski definition) is 2. The van der Waals surface area contributed by atoms with Crippen LogP contribution in [0.4, 0.5) is 5.69 Å². The summed E-state index contributed by atoms with van der Waals surface area (Å²) in [5.41, 5.74) is 3.21. The van der Waals surface area contributed by atoms with Crippen LogP contribution in [0.2, 0.25) is 0 Å². The molecule has 5 nitrogen and oxygen atoms in total. The standard InChI is InChI=1S/C20H28N4OS.2ClH/c1-3-21-12-17-6-4-5-7-19(17)23-20(25)16-8-10-24(11-9-16)13-18-14-26-15(2)22-18;;/h4-7,14,16,21H,3,8-13H2,1-2H3,(H,23,25);2*1H. The number of carbonyl (C=O) groups excluding carboxylic acids is 1. The van der Waals surface area contributed by atoms with Crippen LogP contribution in [0, 0.1) is 12.8 Å². The predicted molar refractivity (Wildman–Crippen MR) is 122 cm³/mol. The van der Waals surface area contributed by atoms with Crippen LogP contribution in [-0.4, -0.2) is 35.4 Å². The Bertz CT molecular complexity index is 733. The maximum Gasteiger partial charge on any atom is 0.227 e. The number of likely N-dealkylation sites (tertiary alicyclic amines) is 1. The van der Waals surface area contributed by atoms with E-state index in [0.717, 1.165) is 67.5 Å². The van der Waals surface area contributed by atoms with Crippen molar-refractivity contribution in [3.8, 4) is 0 Å². The molecule has 0 aliphatic carbocycles. The van der Waals surface area contributed by atoms with E-state index in [2.05, 4.69) is 38.9 Å². The molecule has 1 aromatic carbocycles. The van der Waals surface area contributed by atoms with Crippen molar-refractivity contribution in [2.45, 2.75) is 39.8 Å². The molecule has 1 saturated heterocycles. The molecule has 8 heteroatoms. The van der Waals surface area contributed by atoms with E-state index in [1.54, 1.807) is 11.3 Å². The van der Waals surface area contributed by atoms with Gasteiger partial charge >= 0.3 is 0 Å². The second kappa shape index (κ2) is 12.4. The highest BCUT2D eigenvalue weighted by molar-refractivity contribution is 7.09. The van der Waals surface area contributed by atoms with Crippen molar-refractivity contribution in [2.75, 3.05) is 25.0 Å². The van der Waals surface area contributed by atoms with Gasteiger partial charge in [0, 0.05) is 30.1 Å². The summed E-state index contributed by atoms with van der Waals surface area (Å²) in [6, 6.07) is 8.05. The number of rotatable bonds is 7. The highest BCUT2D eigenvalue weighted by Crippen LogP contribution is 2.23. The number of anilines is 1. The zero-order valence-electron chi connectivity index (χ0n) is 16.4. The number of aromatic nitrogens is 1. The third-order valence-electron chi connectivity index (χ3n) is 4.85. The molecule has 0 spiro atoms. The minimum absolute atomic E-state index is 0. The second-order valence-electron chi connectivity index (χ2n) is 6.84. The molecule has 0 saturated carbocycles. The topological polar surface area (TPSA) is 57.3 Å². The van der Waals surface area contributed by atoms with Crippen molar-refractivity contribution in [3.05, 3.63) is 45.9 Å². The summed E-state index contributed by atoms with van der Waals surface area (Å²) >= 11 is 1.70. The smallest absolute Gasteiger partial charge is 0.227 e. The van der Waals surface area contributed by atoms with E-state index < -0.39 is 0 Å². The van der Waals surface area contributed by atoms with Crippen LogP contribution in [0.25, 0.3) is 0 Å². The summed E-state index contributed by atoms with van der Waals surface area (Å²) < 4.78 is 0. The zero-order chi connectivity index (χ0) is 18.4. The highest BCUT2D eigenvalue weighted by atomic mass is 35.5. The highest BCUT2D eigenvalue weighted by Gasteiger charge is 2.25. The first kappa shape index (κ1) is 24.9. The Hall–Kier alpha value is -1.18. The normalized spacial score (nSPS) is 14.8. The van der Waals surface area contributed by atoms with Crippen LogP contribution >= 0.6 is 36.2 Å². The molecule has 156 valence electrons. The second-order valence-corrected chi connectivity index (χ2v) is 7.90. The largest absolute Gasteiger partial charge is 0.326 e. The van der Waals surface area contributed by atoms with Gasteiger partial charge in [0.15, 0.2) is 0 Å². The van der Waals surface area contributed by atoms with Gasteiger partial charge in [0.05, 0.1) is 10.7 Å². The summed E-state index contributed by atoms with van der Waals surface area (Å²) in [7, 11) is 0. The monoisotopic (exact) mass is 444 g/mol. The number of benzene rings is 1. The van der Waals surface area contributed by atoms with Crippen molar-refractivity contribution in [1.82, 2.24) is 15.2 Å². The lowest BCUT2D eigenvalue weighted by Crippen LogP contribution is -2.38. The molecule has 0 radical (unpaired) electrons. The number of carbonyl (C=O) groups is 1. The van der Waals surface area contributed by atoms with Gasteiger partial charge in [-0.3, -0.25) is 9.69 Å². The molecule has 2 heterocycles.